The van der Waals surface area contributed by atoms with E-state index in [2.05, 4.69) is 31.5 Å². The zero-order valence-electron chi connectivity index (χ0n) is 13.0. The van der Waals surface area contributed by atoms with Gasteiger partial charge in [-0.1, -0.05) is 28.1 Å². The number of hydrogen-bond acceptors (Lipinski definition) is 4. The van der Waals surface area contributed by atoms with E-state index in [9.17, 15) is 4.79 Å². The highest BCUT2D eigenvalue weighted by Gasteiger charge is 2.09. The number of amides is 1. The van der Waals surface area contributed by atoms with Gasteiger partial charge in [-0.3, -0.25) is 9.78 Å². The van der Waals surface area contributed by atoms with Crippen LogP contribution in [0.5, 0.6) is 0 Å². The van der Waals surface area contributed by atoms with Crippen LogP contribution in [0.15, 0.2) is 71.3 Å². The standard InChI is InChI=1S/C19H13BrN4O/c20-14-4-2-6-16(10-14)23-17-7-8-22-18(11-17)19(25)24-15-5-1-3-13(9-15)12-21/h1-11H,(H,22,23)(H,24,25). The van der Waals surface area contributed by atoms with Crippen molar-refractivity contribution in [3.63, 3.8) is 0 Å². The van der Waals surface area contributed by atoms with Crippen LogP contribution in [-0.4, -0.2) is 10.9 Å². The molecule has 2 N–H and O–H groups in total. The second kappa shape index (κ2) is 7.60. The molecule has 0 unspecified atom stereocenters. The maximum absolute atomic E-state index is 12.4. The van der Waals surface area contributed by atoms with Gasteiger partial charge in [0, 0.05) is 27.7 Å². The van der Waals surface area contributed by atoms with Gasteiger partial charge in [-0.2, -0.15) is 5.26 Å². The lowest BCUT2D eigenvalue weighted by Crippen LogP contribution is -2.13. The molecule has 0 radical (unpaired) electrons. The maximum atomic E-state index is 12.4. The first kappa shape index (κ1) is 16.7. The Morgan fingerprint density at radius 2 is 1.76 bits per heavy atom. The summed E-state index contributed by atoms with van der Waals surface area (Å²) in [6.07, 6.45) is 1.57. The monoisotopic (exact) mass is 392 g/mol. The molecule has 2 aromatic carbocycles. The minimum Gasteiger partial charge on any atom is -0.355 e. The Kier molecular flexibility index (Phi) is 5.07. The normalized spacial score (nSPS) is 9.92. The summed E-state index contributed by atoms with van der Waals surface area (Å²) in [6, 6.07) is 20.0. The van der Waals surface area contributed by atoms with Crippen LogP contribution in [0, 0.1) is 11.3 Å². The lowest BCUT2D eigenvalue weighted by Gasteiger charge is -2.09. The quantitative estimate of drug-likeness (QED) is 0.673. The first-order valence-electron chi connectivity index (χ1n) is 7.44. The number of nitrogens with zero attached hydrogens (tertiary/aromatic N) is 2. The smallest absolute Gasteiger partial charge is 0.274 e. The Bertz CT molecular complexity index is 965. The number of benzene rings is 2. The van der Waals surface area contributed by atoms with Crippen molar-refractivity contribution in [2.24, 2.45) is 0 Å². The Morgan fingerprint density at radius 1 is 1.00 bits per heavy atom. The molecule has 0 aliphatic heterocycles. The van der Waals surface area contributed by atoms with Gasteiger partial charge in [-0.05, 0) is 48.5 Å². The molecule has 3 aromatic rings. The first-order valence-corrected chi connectivity index (χ1v) is 8.23. The van der Waals surface area contributed by atoms with Crippen molar-refractivity contribution in [2.75, 3.05) is 10.6 Å². The predicted octanol–water partition coefficient (Wildman–Crippen LogP) is 4.71. The van der Waals surface area contributed by atoms with Crippen molar-refractivity contribution in [3.05, 3.63) is 82.6 Å². The Hall–Kier alpha value is -3.17. The van der Waals surface area contributed by atoms with Crippen molar-refractivity contribution in [3.8, 4) is 6.07 Å². The summed E-state index contributed by atoms with van der Waals surface area (Å²) in [5, 5.41) is 14.9. The molecule has 0 bridgehead atoms. The third kappa shape index (κ3) is 4.43. The van der Waals surface area contributed by atoms with Gasteiger partial charge in [-0.15, -0.1) is 0 Å². The number of anilines is 3. The molecule has 3 rings (SSSR count). The van der Waals surface area contributed by atoms with Crippen LogP contribution in [0.3, 0.4) is 0 Å². The van der Waals surface area contributed by atoms with Crippen LogP contribution in [-0.2, 0) is 0 Å². The van der Waals surface area contributed by atoms with E-state index in [0.717, 1.165) is 15.8 Å². The van der Waals surface area contributed by atoms with Crippen LogP contribution in [0.2, 0.25) is 0 Å². The minimum atomic E-state index is -0.340. The van der Waals surface area contributed by atoms with Crippen molar-refractivity contribution in [2.45, 2.75) is 0 Å². The average molecular weight is 393 g/mol. The number of nitriles is 1. The zero-order valence-corrected chi connectivity index (χ0v) is 14.6. The fourth-order valence-electron chi connectivity index (χ4n) is 2.23. The third-order valence-corrected chi connectivity index (χ3v) is 3.85. The van der Waals surface area contributed by atoms with Gasteiger partial charge in [0.15, 0.2) is 0 Å². The molecule has 1 amide bonds. The molecule has 6 heteroatoms. The van der Waals surface area contributed by atoms with Crippen molar-refractivity contribution in [1.82, 2.24) is 4.98 Å². The molecule has 0 fully saturated rings. The van der Waals surface area contributed by atoms with E-state index >= 15 is 0 Å². The summed E-state index contributed by atoms with van der Waals surface area (Å²) in [5.41, 5.74) is 2.96. The average Bonchev–Trinajstić information content (AvgIpc) is 2.62. The Labute approximate surface area is 153 Å². The van der Waals surface area contributed by atoms with E-state index in [0.29, 0.717) is 11.3 Å². The van der Waals surface area contributed by atoms with Crippen molar-refractivity contribution >= 4 is 38.9 Å². The highest BCUT2D eigenvalue weighted by Crippen LogP contribution is 2.21. The molecule has 122 valence electrons. The van der Waals surface area contributed by atoms with E-state index in [1.165, 1.54) is 0 Å². The zero-order chi connectivity index (χ0) is 17.6. The van der Waals surface area contributed by atoms with Crippen LogP contribution >= 0.6 is 15.9 Å². The summed E-state index contributed by atoms with van der Waals surface area (Å²) in [4.78, 5) is 16.5. The SMILES string of the molecule is N#Cc1cccc(NC(=O)c2cc(Nc3cccc(Br)c3)ccn2)c1. The minimum absolute atomic E-state index is 0.280. The van der Waals surface area contributed by atoms with E-state index in [1.807, 2.05) is 30.3 Å². The van der Waals surface area contributed by atoms with E-state index in [-0.39, 0.29) is 11.6 Å². The molecule has 0 aliphatic rings. The first-order chi connectivity index (χ1) is 12.1. The van der Waals surface area contributed by atoms with Gasteiger partial charge in [-0.25, -0.2) is 0 Å². The molecule has 0 spiro atoms. The molecule has 0 atom stereocenters. The lowest BCUT2D eigenvalue weighted by molar-refractivity contribution is 0.102. The molecule has 5 nitrogen and oxygen atoms in total. The summed E-state index contributed by atoms with van der Waals surface area (Å²) in [7, 11) is 0. The predicted molar refractivity (Wildman–Crippen MR) is 101 cm³/mol. The fraction of sp³-hybridized carbons (Fsp3) is 0. The van der Waals surface area contributed by atoms with Gasteiger partial charge in [0.25, 0.3) is 5.91 Å². The second-order valence-electron chi connectivity index (χ2n) is 5.21. The van der Waals surface area contributed by atoms with Crippen molar-refractivity contribution in [1.29, 1.82) is 5.26 Å². The maximum Gasteiger partial charge on any atom is 0.274 e. The molecular weight excluding hydrogens is 380 g/mol. The van der Waals surface area contributed by atoms with Crippen LogP contribution in [0.4, 0.5) is 17.1 Å². The van der Waals surface area contributed by atoms with Crippen LogP contribution < -0.4 is 10.6 Å². The van der Waals surface area contributed by atoms with Crippen LogP contribution in [0.25, 0.3) is 0 Å². The topological polar surface area (TPSA) is 77.8 Å². The number of pyridine rings is 1. The third-order valence-electron chi connectivity index (χ3n) is 3.36. The van der Waals surface area contributed by atoms with E-state index < -0.39 is 0 Å². The molecule has 0 saturated carbocycles. The highest BCUT2D eigenvalue weighted by atomic mass is 79.9. The number of aromatic nitrogens is 1. The number of halogens is 1. The number of rotatable bonds is 4. The molecule has 0 aliphatic carbocycles. The summed E-state index contributed by atoms with van der Waals surface area (Å²) >= 11 is 3.42. The van der Waals surface area contributed by atoms with E-state index in [4.69, 9.17) is 5.26 Å². The molecule has 0 saturated heterocycles. The molecule has 1 heterocycles. The number of nitrogens with one attached hydrogen (secondary N) is 2. The number of hydrogen-bond donors (Lipinski definition) is 2. The molecular formula is C19H13BrN4O. The summed E-state index contributed by atoms with van der Waals surface area (Å²) < 4.78 is 0.960. The fourth-order valence-corrected chi connectivity index (χ4v) is 2.63. The van der Waals surface area contributed by atoms with Gasteiger partial charge in [0.05, 0.1) is 11.6 Å². The van der Waals surface area contributed by atoms with Gasteiger partial charge in [0.2, 0.25) is 0 Å². The number of carbonyl (C=O) groups excluding carboxylic acids is 1. The number of carbonyl (C=O) groups is 1. The Balaban J connectivity index is 1.76. The van der Waals surface area contributed by atoms with Gasteiger partial charge < -0.3 is 10.6 Å². The van der Waals surface area contributed by atoms with E-state index in [1.54, 1.807) is 42.6 Å². The molecule has 1 aromatic heterocycles. The highest BCUT2D eigenvalue weighted by molar-refractivity contribution is 9.10. The second-order valence-corrected chi connectivity index (χ2v) is 6.13. The Morgan fingerprint density at radius 3 is 2.56 bits per heavy atom. The summed E-state index contributed by atoms with van der Waals surface area (Å²) in [6.45, 7) is 0. The van der Waals surface area contributed by atoms with Gasteiger partial charge in [0.1, 0.15) is 5.69 Å². The molecule has 25 heavy (non-hydrogen) atoms. The largest absolute Gasteiger partial charge is 0.355 e. The van der Waals surface area contributed by atoms with Crippen LogP contribution in [0.1, 0.15) is 16.1 Å². The summed E-state index contributed by atoms with van der Waals surface area (Å²) in [5.74, 6) is -0.340. The van der Waals surface area contributed by atoms with Gasteiger partial charge >= 0.3 is 0 Å². The van der Waals surface area contributed by atoms with Crippen molar-refractivity contribution < 1.29 is 4.79 Å². The lowest BCUT2D eigenvalue weighted by atomic mass is 10.2.